The van der Waals surface area contributed by atoms with Crippen molar-refractivity contribution in [3.63, 3.8) is 0 Å². The second-order valence-electron chi connectivity index (χ2n) is 8.24. The van der Waals surface area contributed by atoms with Gasteiger partial charge in [0.25, 0.3) is 0 Å². The van der Waals surface area contributed by atoms with Gasteiger partial charge in [-0.05, 0) is 29.4 Å². The molecule has 0 radical (unpaired) electrons. The highest BCUT2D eigenvalue weighted by molar-refractivity contribution is 5.83. The van der Waals surface area contributed by atoms with Gasteiger partial charge >= 0.3 is 0 Å². The van der Waals surface area contributed by atoms with Crippen molar-refractivity contribution in [2.45, 2.75) is 39.2 Å². The molecule has 5 heteroatoms. The summed E-state index contributed by atoms with van der Waals surface area (Å²) in [6.07, 6.45) is 4.27. The normalized spacial score (nSPS) is 26.2. The fourth-order valence-electron chi connectivity index (χ4n) is 3.34. The molecule has 1 aromatic heterocycles. The third-order valence-corrected chi connectivity index (χ3v) is 5.33. The summed E-state index contributed by atoms with van der Waals surface area (Å²) >= 11 is 0. The van der Waals surface area contributed by atoms with Crippen LogP contribution in [0.5, 0.6) is 0 Å². The quantitative estimate of drug-likeness (QED) is 0.913. The number of rotatable bonds is 4. The average Bonchev–Trinajstić information content (AvgIpc) is 3.35. The first-order chi connectivity index (χ1) is 11.4. The van der Waals surface area contributed by atoms with Crippen LogP contribution in [0.15, 0.2) is 24.5 Å². The van der Waals surface area contributed by atoms with Crippen LogP contribution in [0.25, 0.3) is 0 Å². The number of aliphatic hydroxyl groups excluding tert-OH is 1. The van der Waals surface area contributed by atoms with Crippen LogP contribution >= 0.6 is 0 Å². The Kier molecular flexibility index (Phi) is 4.92. The van der Waals surface area contributed by atoms with Gasteiger partial charge in [0.05, 0.1) is 6.10 Å². The number of carbonyl (C=O) groups excluding carboxylic acids is 1. The first-order valence-electron chi connectivity index (χ1n) is 8.95. The second kappa shape index (κ2) is 6.81. The Hall–Kier alpha value is -1.46. The standard InChI is InChI=1S/C19H29N3O2/c1-19(2,3)17(23)13-21-7-9-22(10-8-21)18(24)16-11-15(16)14-5-4-6-20-12-14/h4-6,12,15-17,23H,7-11,13H2,1-3H3/t15-,16-,17-/m1/s1. The average molecular weight is 331 g/mol. The van der Waals surface area contributed by atoms with E-state index in [1.807, 2.05) is 17.2 Å². The molecular formula is C19H29N3O2. The van der Waals surface area contributed by atoms with Crippen LogP contribution in [0.3, 0.4) is 0 Å². The molecule has 1 N–H and O–H groups in total. The summed E-state index contributed by atoms with van der Waals surface area (Å²) in [5.41, 5.74) is 1.08. The van der Waals surface area contributed by atoms with Crippen molar-refractivity contribution < 1.29 is 9.90 Å². The maximum Gasteiger partial charge on any atom is 0.226 e. The predicted molar refractivity (Wildman–Crippen MR) is 93.6 cm³/mol. The molecule has 0 bridgehead atoms. The Morgan fingerprint density at radius 1 is 1.33 bits per heavy atom. The van der Waals surface area contributed by atoms with Crippen molar-refractivity contribution in [2.75, 3.05) is 32.7 Å². The highest BCUT2D eigenvalue weighted by atomic mass is 16.3. The number of carbonyl (C=O) groups is 1. The van der Waals surface area contributed by atoms with Crippen LogP contribution in [0.1, 0.15) is 38.7 Å². The van der Waals surface area contributed by atoms with Crippen molar-refractivity contribution in [3.05, 3.63) is 30.1 Å². The number of β-amino-alcohol motifs (C(OH)–C–C–N with tert-alkyl or cyclic N) is 1. The van der Waals surface area contributed by atoms with Gasteiger partial charge < -0.3 is 10.0 Å². The summed E-state index contributed by atoms with van der Waals surface area (Å²) in [5, 5.41) is 10.2. The molecule has 1 aliphatic heterocycles. The van der Waals surface area contributed by atoms with E-state index in [9.17, 15) is 9.90 Å². The van der Waals surface area contributed by atoms with Crippen LogP contribution in [-0.4, -0.2) is 64.6 Å². The second-order valence-corrected chi connectivity index (χ2v) is 8.24. The lowest BCUT2D eigenvalue weighted by Gasteiger charge is -2.38. The van der Waals surface area contributed by atoms with E-state index < -0.39 is 0 Å². The minimum Gasteiger partial charge on any atom is -0.391 e. The molecule has 5 nitrogen and oxygen atoms in total. The minimum atomic E-state index is -0.335. The summed E-state index contributed by atoms with van der Waals surface area (Å²) in [5.74, 6) is 0.785. The fourth-order valence-corrected chi connectivity index (χ4v) is 3.34. The summed E-state index contributed by atoms with van der Waals surface area (Å²) in [4.78, 5) is 21.1. The minimum absolute atomic E-state index is 0.0993. The molecule has 1 saturated carbocycles. The van der Waals surface area contributed by atoms with Gasteiger partial charge in [0.1, 0.15) is 0 Å². The highest BCUT2D eigenvalue weighted by Gasteiger charge is 2.46. The number of pyridine rings is 1. The van der Waals surface area contributed by atoms with Crippen LogP contribution < -0.4 is 0 Å². The molecule has 1 saturated heterocycles. The number of nitrogens with zero attached hydrogens (tertiary/aromatic N) is 3. The van der Waals surface area contributed by atoms with E-state index in [4.69, 9.17) is 0 Å². The zero-order valence-electron chi connectivity index (χ0n) is 15.0. The molecule has 0 unspecified atom stereocenters. The zero-order chi connectivity index (χ0) is 17.3. The number of aromatic nitrogens is 1. The Morgan fingerprint density at radius 2 is 2.04 bits per heavy atom. The molecule has 2 aliphatic rings. The maximum absolute atomic E-state index is 12.7. The van der Waals surface area contributed by atoms with Crippen molar-refractivity contribution in [2.24, 2.45) is 11.3 Å². The van der Waals surface area contributed by atoms with Crippen molar-refractivity contribution in [3.8, 4) is 0 Å². The van der Waals surface area contributed by atoms with Gasteiger partial charge in [0.2, 0.25) is 5.91 Å². The van der Waals surface area contributed by atoms with Crippen LogP contribution in [0, 0.1) is 11.3 Å². The maximum atomic E-state index is 12.7. The van der Waals surface area contributed by atoms with Gasteiger partial charge in [-0.2, -0.15) is 0 Å². The van der Waals surface area contributed by atoms with Gasteiger partial charge in [-0.15, -0.1) is 0 Å². The Balaban J connectivity index is 1.47. The first kappa shape index (κ1) is 17.4. The molecule has 24 heavy (non-hydrogen) atoms. The Morgan fingerprint density at radius 3 is 2.62 bits per heavy atom. The molecule has 3 atom stereocenters. The number of hydrogen-bond donors (Lipinski definition) is 1. The van der Waals surface area contributed by atoms with Crippen LogP contribution in [0.4, 0.5) is 0 Å². The summed E-state index contributed by atoms with van der Waals surface area (Å²) in [6, 6.07) is 4.01. The molecular weight excluding hydrogens is 302 g/mol. The van der Waals surface area contributed by atoms with E-state index in [2.05, 4.69) is 36.7 Å². The summed E-state index contributed by atoms with van der Waals surface area (Å²) in [6.45, 7) is 10.1. The molecule has 1 amide bonds. The van der Waals surface area contributed by atoms with Crippen molar-refractivity contribution in [1.82, 2.24) is 14.8 Å². The van der Waals surface area contributed by atoms with E-state index >= 15 is 0 Å². The van der Waals surface area contributed by atoms with E-state index in [1.54, 1.807) is 6.20 Å². The summed E-state index contributed by atoms with van der Waals surface area (Å²) in [7, 11) is 0. The largest absolute Gasteiger partial charge is 0.391 e. The third kappa shape index (κ3) is 3.95. The van der Waals surface area contributed by atoms with Crippen LogP contribution in [-0.2, 0) is 4.79 Å². The first-order valence-corrected chi connectivity index (χ1v) is 8.95. The van der Waals surface area contributed by atoms with Gasteiger partial charge in [-0.25, -0.2) is 0 Å². The van der Waals surface area contributed by atoms with Gasteiger partial charge in [0.15, 0.2) is 0 Å². The molecule has 2 heterocycles. The number of hydrogen-bond acceptors (Lipinski definition) is 4. The van der Waals surface area contributed by atoms with E-state index in [0.29, 0.717) is 18.4 Å². The molecule has 132 valence electrons. The lowest BCUT2D eigenvalue weighted by molar-refractivity contribution is -0.134. The topological polar surface area (TPSA) is 56.7 Å². The van der Waals surface area contributed by atoms with E-state index in [1.165, 1.54) is 5.56 Å². The molecule has 1 aromatic rings. The van der Waals surface area contributed by atoms with Crippen molar-refractivity contribution in [1.29, 1.82) is 0 Å². The zero-order valence-corrected chi connectivity index (χ0v) is 15.0. The molecule has 2 fully saturated rings. The van der Waals surface area contributed by atoms with Crippen molar-refractivity contribution >= 4 is 5.91 Å². The van der Waals surface area contributed by atoms with E-state index in [-0.39, 0.29) is 17.4 Å². The monoisotopic (exact) mass is 331 g/mol. The smallest absolute Gasteiger partial charge is 0.226 e. The van der Waals surface area contributed by atoms with Gasteiger partial charge in [-0.3, -0.25) is 14.7 Å². The molecule has 0 spiro atoms. The summed E-state index contributed by atoms with van der Waals surface area (Å²) < 4.78 is 0. The van der Waals surface area contributed by atoms with Gasteiger partial charge in [0, 0.05) is 51.0 Å². The number of aliphatic hydroxyl groups is 1. The number of piperazine rings is 1. The molecule has 0 aromatic carbocycles. The third-order valence-electron chi connectivity index (χ3n) is 5.33. The van der Waals surface area contributed by atoms with Crippen LogP contribution in [0.2, 0.25) is 0 Å². The molecule has 1 aliphatic carbocycles. The molecule has 3 rings (SSSR count). The predicted octanol–water partition coefficient (Wildman–Crippen LogP) is 1.74. The number of amides is 1. The SMILES string of the molecule is CC(C)(C)[C@H](O)CN1CCN(C(=O)[C@@H]2C[C@@H]2c2cccnc2)CC1. The lowest BCUT2D eigenvalue weighted by Crippen LogP contribution is -2.52. The van der Waals surface area contributed by atoms with Gasteiger partial charge in [-0.1, -0.05) is 26.8 Å². The Labute approximate surface area is 144 Å². The highest BCUT2D eigenvalue weighted by Crippen LogP contribution is 2.48. The van der Waals surface area contributed by atoms with E-state index in [0.717, 1.165) is 32.6 Å². The lowest BCUT2D eigenvalue weighted by atomic mass is 9.89. The Bertz CT molecular complexity index is 562. The fraction of sp³-hybridized carbons (Fsp3) is 0.684.